The molecule has 1 N–H and O–H groups in total. The first-order valence-electron chi connectivity index (χ1n) is 6.19. The fraction of sp³-hybridized carbons (Fsp3) is 0.571. The third-order valence-corrected chi connectivity index (χ3v) is 2.94. The van der Waals surface area contributed by atoms with Gasteiger partial charge in [0.2, 0.25) is 0 Å². The minimum Gasteiger partial charge on any atom is -0.383 e. The Labute approximate surface area is 99.7 Å². The molecule has 0 aliphatic rings. The van der Waals surface area contributed by atoms with E-state index in [1.54, 1.807) is 0 Å². The summed E-state index contributed by atoms with van der Waals surface area (Å²) in [5.41, 5.74) is 1.21. The molecule has 0 fully saturated rings. The van der Waals surface area contributed by atoms with Crippen molar-refractivity contribution in [1.29, 1.82) is 0 Å². The van der Waals surface area contributed by atoms with E-state index >= 15 is 0 Å². The van der Waals surface area contributed by atoms with Crippen molar-refractivity contribution < 1.29 is 0 Å². The molecule has 0 aliphatic carbocycles. The van der Waals surface area contributed by atoms with Gasteiger partial charge in [0.25, 0.3) is 0 Å². The number of hydrogen-bond donors (Lipinski definition) is 1. The van der Waals surface area contributed by atoms with Crippen molar-refractivity contribution in [1.82, 2.24) is 4.90 Å². The highest BCUT2D eigenvalue weighted by Crippen LogP contribution is 2.09. The average molecular weight is 220 g/mol. The van der Waals surface area contributed by atoms with Crippen LogP contribution in [-0.4, -0.2) is 31.6 Å². The van der Waals surface area contributed by atoms with Crippen LogP contribution >= 0.6 is 0 Å². The fourth-order valence-electron chi connectivity index (χ4n) is 1.77. The van der Waals surface area contributed by atoms with Gasteiger partial charge in [-0.05, 0) is 32.6 Å². The lowest BCUT2D eigenvalue weighted by atomic mass is 10.1. The zero-order valence-corrected chi connectivity index (χ0v) is 10.7. The molecule has 0 bridgehead atoms. The summed E-state index contributed by atoms with van der Waals surface area (Å²) in [6, 6.07) is 11.0. The molecule has 90 valence electrons. The summed E-state index contributed by atoms with van der Waals surface area (Å²) in [6.07, 6.45) is 3.85. The molecule has 2 heteroatoms. The largest absolute Gasteiger partial charge is 0.383 e. The van der Waals surface area contributed by atoms with Crippen molar-refractivity contribution in [3.63, 3.8) is 0 Å². The number of para-hydroxylation sites is 1. The molecule has 0 heterocycles. The van der Waals surface area contributed by atoms with Crippen LogP contribution in [0.1, 0.15) is 26.2 Å². The average Bonchev–Trinajstić information content (AvgIpc) is 2.30. The van der Waals surface area contributed by atoms with E-state index in [4.69, 9.17) is 0 Å². The van der Waals surface area contributed by atoms with Crippen molar-refractivity contribution in [3.05, 3.63) is 30.3 Å². The molecule has 1 aromatic rings. The first-order valence-corrected chi connectivity index (χ1v) is 6.19. The van der Waals surface area contributed by atoms with E-state index in [0.717, 1.165) is 6.54 Å². The van der Waals surface area contributed by atoms with Crippen molar-refractivity contribution in [2.45, 2.75) is 32.2 Å². The summed E-state index contributed by atoms with van der Waals surface area (Å²) in [5, 5.41) is 3.49. The predicted molar refractivity (Wildman–Crippen MR) is 71.9 cm³/mol. The van der Waals surface area contributed by atoms with Crippen molar-refractivity contribution in [2.75, 3.05) is 26.0 Å². The molecule has 0 amide bonds. The standard InChI is InChI=1S/C14H24N2/c1-4-5-11-14(16(2)3)12-15-13-9-7-6-8-10-13/h6-10,14-15H,4-5,11-12H2,1-3H3. The summed E-state index contributed by atoms with van der Waals surface area (Å²) in [6.45, 7) is 3.27. The number of benzene rings is 1. The molecule has 16 heavy (non-hydrogen) atoms. The molecular formula is C14H24N2. The van der Waals surface area contributed by atoms with Gasteiger partial charge in [-0.3, -0.25) is 0 Å². The molecule has 0 radical (unpaired) electrons. The smallest absolute Gasteiger partial charge is 0.0340 e. The summed E-state index contributed by atoms with van der Waals surface area (Å²) < 4.78 is 0. The number of anilines is 1. The van der Waals surface area contributed by atoms with E-state index in [1.807, 2.05) is 6.07 Å². The number of nitrogens with zero attached hydrogens (tertiary/aromatic N) is 1. The van der Waals surface area contributed by atoms with Crippen molar-refractivity contribution >= 4 is 5.69 Å². The molecule has 0 aromatic heterocycles. The Hall–Kier alpha value is -1.02. The highest BCUT2D eigenvalue weighted by atomic mass is 15.1. The Balaban J connectivity index is 2.38. The molecule has 1 rings (SSSR count). The summed E-state index contributed by atoms with van der Waals surface area (Å²) in [7, 11) is 4.32. The fourth-order valence-corrected chi connectivity index (χ4v) is 1.77. The minimum absolute atomic E-state index is 0.625. The normalized spacial score (nSPS) is 12.8. The van der Waals surface area contributed by atoms with E-state index in [9.17, 15) is 0 Å². The first-order chi connectivity index (χ1) is 7.74. The molecule has 1 atom stereocenters. The number of unbranched alkanes of at least 4 members (excludes halogenated alkanes) is 1. The monoisotopic (exact) mass is 220 g/mol. The second kappa shape index (κ2) is 7.29. The maximum atomic E-state index is 3.49. The molecular weight excluding hydrogens is 196 g/mol. The molecule has 0 aliphatic heterocycles. The molecule has 1 aromatic carbocycles. The second-order valence-electron chi connectivity index (χ2n) is 4.51. The lowest BCUT2D eigenvalue weighted by Gasteiger charge is -2.25. The van der Waals surface area contributed by atoms with Gasteiger partial charge >= 0.3 is 0 Å². The SMILES string of the molecule is CCCCC(CNc1ccccc1)N(C)C. The molecule has 0 saturated heterocycles. The van der Waals surface area contributed by atoms with Crippen LogP contribution in [0, 0.1) is 0 Å². The third-order valence-electron chi connectivity index (χ3n) is 2.94. The van der Waals surface area contributed by atoms with Crippen LogP contribution in [0.15, 0.2) is 30.3 Å². The Bertz CT molecular complexity index is 269. The van der Waals surface area contributed by atoms with Crippen LogP contribution in [0.2, 0.25) is 0 Å². The predicted octanol–water partition coefficient (Wildman–Crippen LogP) is 3.22. The van der Waals surface area contributed by atoms with Gasteiger partial charge < -0.3 is 10.2 Å². The van der Waals surface area contributed by atoms with Gasteiger partial charge in [0.15, 0.2) is 0 Å². The maximum absolute atomic E-state index is 3.49. The highest BCUT2D eigenvalue weighted by molar-refractivity contribution is 5.42. The van der Waals surface area contributed by atoms with Crippen LogP contribution in [0.25, 0.3) is 0 Å². The Morgan fingerprint density at radius 3 is 2.44 bits per heavy atom. The Kier molecular flexibility index (Phi) is 5.94. The van der Waals surface area contributed by atoms with Crippen molar-refractivity contribution in [3.8, 4) is 0 Å². The van der Waals surface area contributed by atoms with Crippen LogP contribution < -0.4 is 5.32 Å². The molecule has 1 unspecified atom stereocenters. The van der Waals surface area contributed by atoms with Gasteiger partial charge in [0.1, 0.15) is 0 Å². The molecule has 0 saturated carbocycles. The van der Waals surface area contributed by atoms with Crippen LogP contribution in [0.5, 0.6) is 0 Å². The van der Waals surface area contributed by atoms with Gasteiger partial charge in [-0.2, -0.15) is 0 Å². The highest BCUT2D eigenvalue weighted by Gasteiger charge is 2.09. The maximum Gasteiger partial charge on any atom is 0.0340 e. The van der Waals surface area contributed by atoms with E-state index in [1.165, 1.54) is 24.9 Å². The van der Waals surface area contributed by atoms with E-state index in [-0.39, 0.29) is 0 Å². The van der Waals surface area contributed by atoms with Crippen LogP contribution in [-0.2, 0) is 0 Å². The lowest BCUT2D eigenvalue weighted by molar-refractivity contribution is 0.285. The van der Waals surface area contributed by atoms with Gasteiger partial charge in [-0.15, -0.1) is 0 Å². The van der Waals surface area contributed by atoms with Gasteiger partial charge in [-0.25, -0.2) is 0 Å². The van der Waals surface area contributed by atoms with Crippen LogP contribution in [0.3, 0.4) is 0 Å². The van der Waals surface area contributed by atoms with Crippen LogP contribution in [0.4, 0.5) is 5.69 Å². The third kappa shape index (κ3) is 4.67. The molecule has 2 nitrogen and oxygen atoms in total. The number of likely N-dealkylation sites (N-methyl/N-ethyl adjacent to an activating group) is 1. The first kappa shape index (κ1) is 13.0. The zero-order valence-electron chi connectivity index (χ0n) is 10.7. The van der Waals surface area contributed by atoms with E-state index < -0.39 is 0 Å². The van der Waals surface area contributed by atoms with Gasteiger partial charge in [-0.1, -0.05) is 38.0 Å². The summed E-state index contributed by atoms with van der Waals surface area (Å²) in [4.78, 5) is 2.31. The quantitative estimate of drug-likeness (QED) is 0.759. The van der Waals surface area contributed by atoms with E-state index in [2.05, 4.69) is 55.5 Å². The Morgan fingerprint density at radius 2 is 1.88 bits per heavy atom. The Morgan fingerprint density at radius 1 is 1.19 bits per heavy atom. The summed E-state index contributed by atoms with van der Waals surface area (Å²) in [5.74, 6) is 0. The summed E-state index contributed by atoms with van der Waals surface area (Å²) >= 11 is 0. The zero-order chi connectivity index (χ0) is 11.8. The topological polar surface area (TPSA) is 15.3 Å². The van der Waals surface area contributed by atoms with Crippen molar-refractivity contribution in [2.24, 2.45) is 0 Å². The minimum atomic E-state index is 0.625. The number of rotatable bonds is 7. The number of nitrogens with one attached hydrogen (secondary N) is 1. The van der Waals surface area contributed by atoms with Gasteiger partial charge in [0, 0.05) is 18.3 Å². The second-order valence-corrected chi connectivity index (χ2v) is 4.51. The molecule has 0 spiro atoms. The van der Waals surface area contributed by atoms with E-state index in [0.29, 0.717) is 6.04 Å². The van der Waals surface area contributed by atoms with Gasteiger partial charge in [0.05, 0.1) is 0 Å². The lowest BCUT2D eigenvalue weighted by Crippen LogP contribution is -2.34. The number of hydrogen-bond acceptors (Lipinski definition) is 2.